The van der Waals surface area contributed by atoms with Crippen molar-refractivity contribution in [1.82, 2.24) is 15.5 Å². The summed E-state index contributed by atoms with van der Waals surface area (Å²) in [5.74, 6) is 0.883. The Bertz CT molecular complexity index is 314. The Hall–Kier alpha value is -0.120. The fourth-order valence-corrected chi connectivity index (χ4v) is 4.84. The highest BCUT2D eigenvalue weighted by molar-refractivity contribution is 4.93. The quantitative estimate of drug-likeness (QED) is 0.838. The molecule has 0 radical (unpaired) electrons. The van der Waals surface area contributed by atoms with E-state index in [9.17, 15) is 0 Å². The maximum Gasteiger partial charge on any atom is 0.0113 e. The molecule has 5 unspecified atom stereocenters. The molecule has 2 heterocycles. The standard InChI is InChI=1S/C18H35N3/c1-14-13-15(10-12-21(14)2)20-18-9-4-3-7-16(18)17-8-5-6-11-19-17/h14-20H,3-13H2,1-2H3. The van der Waals surface area contributed by atoms with E-state index in [1.807, 2.05) is 0 Å². The van der Waals surface area contributed by atoms with Crippen molar-refractivity contribution >= 4 is 0 Å². The van der Waals surface area contributed by atoms with Crippen molar-refractivity contribution in [2.75, 3.05) is 20.1 Å². The summed E-state index contributed by atoms with van der Waals surface area (Å²) >= 11 is 0. The van der Waals surface area contributed by atoms with Crippen molar-refractivity contribution in [2.45, 2.75) is 88.9 Å². The Kier molecular flexibility index (Phi) is 5.58. The van der Waals surface area contributed by atoms with Gasteiger partial charge in [0.05, 0.1) is 0 Å². The van der Waals surface area contributed by atoms with Gasteiger partial charge < -0.3 is 15.5 Å². The number of nitrogens with zero attached hydrogens (tertiary/aromatic N) is 1. The molecule has 2 saturated heterocycles. The smallest absolute Gasteiger partial charge is 0.0113 e. The van der Waals surface area contributed by atoms with Gasteiger partial charge in [0.1, 0.15) is 0 Å². The van der Waals surface area contributed by atoms with E-state index < -0.39 is 0 Å². The molecule has 1 aliphatic carbocycles. The normalized spacial score (nSPS) is 42.9. The molecule has 0 bridgehead atoms. The Labute approximate surface area is 131 Å². The monoisotopic (exact) mass is 293 g/mol. The molecule has 2 aliphatic heterocycles. The lowest BCUT2D eigenvalue weighted by Crippen LogP contribution is -2.55. The Morgan fingerprint density at radius 3 is 2.57 bits per heavy atom. The first-order chi connectivity index (χ1) is 10.2. The van der Waals surface area contributed by atoms with Crippen LogP contribution < -0.4 is 10.6 Å². The molecule has 0 aromatic carbocycles. The summed E-state index contributed by atoms with van der Waals surface area (Å²) in [7, 11) is 2.27. The molecule has 1 saturated carbocycles. The topological polar surface area (TPSA) is 27.3 Å². The average Bonchev–Trinajstić information content (AvgIpc) is 2.52. The summed E-state index contributed by atoms with van der Waals surface area (Å²) in [4.78, 5) is 2.51. The van der Waals surface area contributed by atoms with Gasteiger partial charge in [0.15, 0.2) is 0 Å². The van der Waals surface area contributed by atoms with Crippen LogP contribution in [0.2, 0.25) is 0 Å². The van der Waals surface area contributed by atoms with Gasteiger partial charge in [-0.15, -0.1) is 0 Å². The third-order valence-corrected chi connectivity index (χ3v) is 6.34. The first-order valence-electron chi connectivity index (χ1n) is 9.43. The van der Waals surface area contributed by atoms with Crippen LogP contribution in [0.1, 0.15) is 64.7 Å². The van der Waals surface area contributed by atoms with E-state index in [-0.39, 0.29) is 0 Å². The highest BCUT2D eigenvalue weighted by atomic mass is 15.1. The second kappa shape index (κ2) is 7.43. The fourth-order valence-electron chi connectivity index (χ4n) is 4.84. The van der Waals surface area contributed by atoms with Crippen LogP contribution in [0.3, 0.4) is 0 Å². The zero-order valence-corrected chi connectivity index (χ0v) is 14.1. The number of hydrogen-bond donors (Lipinski definition) is 2. The minimum Gasteiger partial charge on any atom is -0.314 e. The molecular formula is C18H35N3. The largest absolute Gasteiger partial charge is 0.314 e. The van der Waals surface area contributed by atoms with Crippen molar-refractivity contribution in [2.24, 2.45) is 5.92 Å². The Morgan fingerprint density at radius 1 is 1.00 bits per heavy atom. The van der Waals surface area contributed by atoms with Crippen molar-refractivity contribution < 1.29 is 0 Å². The molecule has 3 rings (SSSR count). The van der Waals surface area contributed by atoms with E-state index >= 15 is 0 Å². The Morgan fingerprint density at radius 2 is 1.81 bits per heavy atom. The van der Waals surface area contributed by atoms with Crippen LogP contribution in [0.15, 0.2) is 0 Å². The predicted octanol–water partition coefficient (Wildman–Crippen LogP) is 2.76. The fraction of sp³-hybridized carbons (Fsp3) is 1.00. The first kappa shape index (κ1) is 15.8. The second-order valence-corrected chi connectivity index (χ2v) is 7.83. The van der Waals surface area contributed by atoms with Crippen molar-refractivity contribution in [1.29, 1.82) is 0 Å². The number of nitrogens with one attached hydrogen (secondary N) is 2. The lowest BCUT2D eigenvalue weighted by Gasteiger charge is -2.43. The molecule has 0 amide bonds. The first-order valence-corrected chi connectivity index (χ1v) is 9.43. The summed E-state index contributed by atoms with van der Waals surface area (Å²) in [6, 6.07) is 3.06. The molecular weight excluding hydrogens is 258 g/mol. The highest BCUT2D eigenvalue weighted by Gasteiger charge is 2.34. The van der Waals surface area contributed by atoms with Gasteiger partial charge in [0.25, 0.3) is 0 Å². The van der Waals surface area contributed by atoms with Gasteiger partial charge in [-0.05, 0) is 71.5 Å². The van der Waals surface area contributed by atoms with Crippen LogP contribution in [0.5, 0.6) is 0 Å². The molecule has 0 aromatic heterocycles. The molecule has 3 aliphatic rings. The van der Waals surface area contributed by atoms with Gasteiger partial charge in [-0.2, -0.15) is 0 Å². The zero-order chi connectivity index (χ0) is 14.7. The van der Waals surface area contributed by atoms with Crippen molar-refractivity contribution in [3.63, 3.8) is 0 Å². The Balaban J connectivity index is 1.56. The van der Waals surface area contributed by atoms with Gasteiger partial charge in [-0.25, -0.2) is 0 Å². The predicted molar refractivity (Wildman–Crippen MR) is 89.6 cm³/mol. The van der Waals surface area contributed by atoms with E-state index in [4.69, 9.17) is 0 Å². The highest BCUT2D eigenvalue weighted by Crippen LogP contribution is 2.31. The average molecular weight is 293 g/mol. The maximum atomic E-state index is 4.09. The van der Waals surface area contributed by atoms with Gasteiger partial charge in [-0.1, -0.05) is 19.3 Å². The van der Waals surface area contributed by atoms with Crippen molar-refractivity contribution in [3.05, 3.63) is 0 Å². The third-order valence-electron chi connectivity index (χ3n) is 6.34. The minimum absolute atomic E-state index is 0.742. The molecule has 0 aromatic rings. The van der Waals surface area contributed by atoms with Crippen molar-refractivity contribution in [3.8, 4) is 0 Å². The third kappa shape index (κ3) is 4.00. The lowest BCUT2D eigenvalue weighted by atomic mass is 9.76. The van der Waals surface area contributed by atoms with Crippen LogP contribution >= 0.6 is 0 Å². The number of hydrogen-bond acceptors (Lipinski definition) is 3. The van der Waals surface area contributed by atoms with Crippen LogP contribution in [0.25, 0.3) is 0 Å². The summed E-state index contributed by atoms with van der Waals surface area (Å²) < 4.78 is 0. The minimum atomic E-state index is 0.742. The van der Waals surface area contributed by atoms with Crippen LogP contribution in [0, 0.1) is 5.92 Å². The number of rotatable bonds is 3. The summed E-state index contributed by atoms with van der Waals surface area (Å²) in [5, 5.41) is 7.91. The SMILES string of the molecule is CC1CC(NC2CCCCC2C2CCCCN2)CCN1C. The molecule has 3 heteroatoms. The molecule has 0 spiro atoms. The molecule has 122 valence electrons. The van der Waals surface area contributed by atoms with Gasteiger partial charge in [0.2, 0.25) is 0 Å². The zero-order valence-electron chi connectivity index (χ0n) is 14.1. The lowest BCUT2D eigenvalue weighted by molar-refractivity contribution is 0.127. The van der Waals surface area contributed by atoms with E-state index in [1.54, 1.807) is 0 Å². The summed E-state index contributed by atoms with van der Waals surface area (Å²) in [6.45, 7) is 4.89. The van der Waals surface area contributed by atoms with E-state index in [0.29, 0.717) is 0 Å². The van der Waals surface area contributed by atoms with Crippen LogP contribution in [-0.2, 0) is 0 Å². The van der Waals surface area contributed by atoms with Crippen LogP contribution in [-0.4, -0.2) is 49.2 Å². The van der Waals surface area contributed by atoms with Gasteiger partial charge in [-0.3, -0.25) is 0 Å². The van der Waals surface area contributed by atoms with E-state index in [0.717, 1.165) is 30.1 Å². The molecule has 2 N–H and O–H groups in total. The molecule has 5 atom stereocenters. The maximum absolute atomic E-state index is 4.09. The number of likely N-dealkylation sites (tertiary alicyclic amines) is 1. The summed E-state index contributed by atoms with van der Waals surface area (Å²) in [6.07, 6.45) is 12.6. The van der Waals surface area contributed by atoms with E-state index in [1.165, 1.54) is 70.9 Å². The van der Waals surface area contributed by atoms with Gasteiger partial charge in [0, 0.05) is 24.2 Å². The summed E-state index contributed by atoms with van der Waals surface area (Å²) in [5.41, 5.74) is 0. The van der Waals surface area contributed by atoms with Crippen LogP contribution in [0.4, 0.5) is 0 Å². The molecule has 21 heavy (non-hydrogen) atoms. The molecule has 3 nitrogen and oxygen atoms in total. The second-order valence-electron chi connectivity index (χ2n) is 7.83. The molecule has 3 fully saturated rings. The van der Waals surface area contributed by atoms with E-state index in [2.05, 4.69) is 29.5 Å². The van der Waals surface area contributed by atoms with Gasteiger partial charge >= 0.3 is 0 Å². The number of piperidine rings is 2.